The van der Waals surface area contributed by atoms with Crippen molar-refractivity contribution in [1.29, 1.82) is 5.41 Å². The summed E-state index contributed by atoms with van der Waals surface area (Å²) in [6, 6.07) is 7.41. The average molecular weight is 365 g/mol. The van der Waals surface area contributed by atoms with E-state index in [2.05, 4.69) is 0 Å². The van der Waals surface area contributed by atoms with Crippen molar-refractivity contribution in [2.75, 3.05) is 13.1 Å². The molecule has 1 fully saturated rings. The lowest BCUT2D eigenvalue weighted by molar-refractivity contribution is 0.337. The van der Waals surface area contributed by atoms with Gasteiger partial charge in [0, 0.05) is 26.2 Å². The zero-order chi connectivity index (χ0) is 18.7. The van der Waals surface area contributed by atoms with Gasteiger partial charge in [-0.05, 0) is 48.2 Å². The second kappa shape index (κ2) is 7.76. The van der Waals surface area contributed by atoms with Gasteiger partial charge in [-0.3, -0.25) is 5.41 Å². The van der Waals surface area contributed by atoms with Crippen molar-refractivity contribution >= 4 is 5.96 Å². The van der Waals surface area contributed by atoms with Gasteiger partial charge in [-0.1, -0.05) is 12.1 Å². The second-order valence-electron chi connectivity index (χ2n) is 6.37. The molecule has 0 saturated carbocycles. The van der Waals surface area contributed by atoms with Crippen LogP contribution in [0.3, 0.4) is 0 Å². The molecule has 0 radical (unpaired) electrons. The fourth-order valence-corrected chi connectivity index (χ4v) is 3.04. The fourth-order valence-electron chi connectivity index (χ4n) is 3.04. The maximum atomic E-state index is 13.4. The molecular weight excluding hydrogens is 346 g/mol. The fraction of sp³-hybridized carbons (Fsp3) is 0.316. The molecule has 1 aliphatic rings. The van der Waals surface area contributed by atoms with E-state index in [0.29, 0.717) is 24.2 Å². The highest BCUT2D eigenvalue weighted by Crippen LogP contribution is 2.18. The molecule has 2 aromatic carbocycles. The third kappa shape index (κ3) is 4.15. The van der Waals surface area contributed by atoms with Crippen LogP contribution in [-0.2, 0) is 13.1 Å². The third-order valence-electron chi connectivity index (χ3n) is 4.42. The number of hydrogen-bond donors (Lipinski definition) is 1. The van der Waals surface area contributed by atoms with Crippen LogP contribution in [0.2, 0.25) is 0 Å². The van der Waals surface area contributed by atoms with Gasteiger partial charge in [-0.25, -0.2) is 17.6 Å². The predicted octanol–water partition coefficient (Wildman–Crippen LogP) is 4.28. The topological polar surface area (TPSA) is 30.3 Å². The SMILES string of the molecule is N=C1N(Cc2ccc(F)c(F)c2)CCCCN1Cc1ccc(F)c(F)c1. The van der Waals surface area contributed by atoms with Crippen molar-refractivity contribution in [3.8, 4) is 0 Å². The van der Waals surface area contributed by atoms with Crippen LogP contribution in [0.15, 0.2) is 36.4 Å². The minimum absolute atomic E-state index is 0.233. The van der Waals surface area contributed by atoms with E-state index in [4.69, 9.17) is 5.41 Å². The van der Waals surface area contributed by atoms with Crippen LogP contribution in [0.25, 0.3) is 0 Å². The summed E-state index contributed by atoms with van der Waals surface area (Å²) in [6.45, 7) is 1.80. The van der Waals surface area contributed by atoms with Gasteiger partial charge in [0.15, 0.2) is 29.2 Å². The van der Waals surface area contributed by atoms with Crippen molar-refractivity contribution < 1.29 is 17.6 Å². The quantitative estimate of drug-likeness (QED) is 0.820. The Morgan fingerprint density at radius 1 is 0.692 bits per heavy atom. The monoisotopic (exact) mass is 365 g/mol. The minimum Gasteiger partial charge on any atom is -0.339 e. The molecule has 0 amide bonds. The zero-order valence-electron chi connectivity index (χ0n) is 14.1. The normalized spacial score (nSPS) is 15.3. The molecule has 0 atom stereocenters. The number of benzene rings is 2. The number of halogens is 4. The molecule has 1 heterocycles. The maximum Gasteiger partial charge on any atom is 0.194 e. The van der Waals surface area contributed by atoms with Crippen molar-refractivity contribution in [3.63, 3.8) is 0 Å². The molecule has 0 aromatic heterocycles. The summed E-state index contributed by atoms with van der Waals surface area (Å²) in [5.41, 5.74) is 1.15. The Hall–Kier alpha value is -2.57. The molecule has 0 unspecified atom stereocenters. The first-order valence-electron chi connectivity index (χ1n) is 8.40. The van der Waals surface area contributed by atoms with Crippen LogP contribution in [0.4, 0.5) is 17.6 Å². The van der Waals surface area contributed by atoms with Crippen LogP contribution >= 0.6 is 0 Å². The van der Waals surface area contributed by atoms with E-state index >= 15 is 0 Å². The summed E-state index contributed by atoms with van der Waals surface area (Å²) in [5, 5.41) is 8.45. The van der Waals surface area contributed by atoms with Gasteiger partial charge in [0.25, 0.3) is 0 Å². The molecule has 7 heteroatoms. The number of guanidine groups is 1. The molecule has 26 heavy (non-hydrogen) atoms. The van der Waals surface area contributed by atoms with E-state index in [1.54, 1.807) is 9.80 Å². The smallest absolute Gasteiger partial charge is 0.194 e. The van der Waals surface area contributed by atoms with E-state index in [1.165, 1.54) is 12.1 Å². The van der Waals surface area contributed by atoms with Gasteiger partial charge in [0.05, 0.1) is 0 Å². The standard InChI is InChI=1S/C19H19F4N3/c20-15-5-3-13(9-17(15)22)11-25-7-1-2-8-26(19(25)24)12-14-4-6-16(21)18(23)10-14/h3-6,9-10,24H,1-2,7-8,11-12H2. The highest BCUT2D eigenvalue weighted by Gasteiger charge is 2.21. The lowest BCUT2D eigenvalue weighted by Crippen LogP contribution is -2.41. The van der Waals surface area contributed by atoms with E-state index in [-0.39, 0.29) is 19.0 Å². The number of rotatable bonds is 4. The Morgan fingerprint density at radius 2 is 1.12 bits per heavy atom. The summed E-state index contributed by atoms with van der Waals surface area (Å²) in [7, 11) is 0. The molecule has 0 spiro atoms. The highest BCUT2D eigenvalue weighted by molar-refractivity contribution is 5.77. The molecule has 1 saturated heterocycles. The summed E-state index contributed by atoms with van der Waals surface area (Å²) in [6.07, 6.45) is 1.70. The zero-order valence-corrected chi connectivity index (χ0v) is 14.1. The first-order chi connectivity index (χ1) is 12.4. The van der Waals surface area contributed by atoms with Crippen LogP contribution < -0.4 is 0 Å². The van der Waals surface area contributed by atoms with Gasteiger partial charge < -0.3 is 9.80 Å². The lowest BCUT2D eigenvalue weighted by atomic mass is 10.2. The van der Waals surface area contributed by atoms with E-state index in [0.717, 1.165) is 37.1 Å². The van der Waals surface area contributed by atoms with Crippen molar-refractivity contribution in [2.45, 2.75) is 25.9 Å². The Labute approximate surface area is 149 Å². The van der Waals surface area contributed by atoms with E-state index in [1.807, 2.05) is 0 Å². The van der Waals surface area contributed by atoms with Gasteiger partial charge in [0.1, 0.15) is 0 Å². The molecule has 138 valence electrons. The number of hydrogen-bond acceptors (Lipinski definition) is 1. The molecule has 0 aliphatic carbocycles. The molecule has 2 aromatic rings. The van der Waals surface area contributed by atoms with E-state index in [9.17, 15) is 17.6 Å². The van der Waals surface area contributed by atoms with Crippen LogP contribution in [0.1, 0.15) is 24.0 Å². The molecular formula is C19H19F4N3. The summed E-state index contributed by atoms with van der Waals surface area (Å²) < 4.78 is 53.0. The first-order valence-corrected chi connectivity index (χ1v) is 8.40. The maximum absolute atomic E-state index is 13.4. The Balaban J connectivity index is 1.74. The second-order valence-corrected chi connectivity index (χ2v) is 6.37. The summed E-state index contributed by atoms with van der Waals surface area (Å²) in [5.74, 6) is -3.40. The van der Waals surface area contributed by atoms with Gasteiger partial charge in [-0.15, -0.1) is 0 Å². The number of nitrogens with one attached hydrogen (secondary N) is 1. The van der Waals surface area contributed by atoms with Gasteiger partial charge >= 0.3 is 0 Å². The highest BCUT2D eigenvalue weighted by atomic mass is 19.2. The molecule has 1 N–H and O–H groups in total. The van der Waals surface area contributed by atoms with Crippen LogP contribution in [-0.4, -0.2) is 28.8 Å². The first kappa shape index (κ1) is 18.2. The largest absolute Gasteiger partial charge is 0.339 e. The molecule has 3 rings (SSSR count). The number of nitrogens with zero attached hydrogens (tertiary/aromatic N) is 2. The van der Waals surface area contributed by atoms with E-state index < -0.39 is 23.3 Å². The van der Waals surface area contributed by atoms with Gasteiger partial charge in [0.2, 0.25) is 0 Å². The van der Waals surface area contributed by atoms with Crippen LogP contribution in [0, 0.1) is 28.7 Å². The van der Waals surface area contributed by atoms with Crippen molar-refractivity contribution in [3.05, 3.63) is 70.8 Å². The predicted molar refractivity (Wildman–Crippen MR) is 90.5 cm³/mol. The molecule has 0 bridgehead atoms. The summed E-state index contributed by atoms with van der Waals surface area (Å²) in [4.78, 5) is 3.55. The van der Waals surface area contributed by atoms with Crippen molar-refractivity contribution in [1.82, 2.24) is 9.80 Å². The molecule has 1 aliphatic heterocycles. The average Bonchev–Trinajstić information content (AvgIpc) is 2.77. The van der Waals surface area contributed by atoms with Crippen LogP contribution in [0.5, 0.6) is 0 Å². The summed E-state index contributed by atoms with van der Waals surface area (Å²) >= 11 is 0. The minimum atomic E-state index is -0.914. The Bertz CT molecular complexity index is 744. The Kier molecular flexibility index (Phi) is 5.44. The lowest BCUT2D eigenvalue weighted by Gasteiger charge is -2.31. The Morgan fingerprint density at radius 3 is 1.50 bits per heavy atom. The third-order valence-corrected chi connectivity index (χ3v) is 4.42. The van der Waals surface area contributed by atoms with Gasteiger partial charge in [-0.2, -0.15) is 0 Å². The molecule has 3 nitrogen and oxygen atoms in total. The van der Waals surface area contributed by atoms with Crippen molar-refractivity contribution in [2.24, 2.45) is 0 Å².